The maximum absolute atomic E-state index is 12.8. The van der Waals surface area contributed by atoms with E-state index in [4.69, 9.17) is 55.2 Å². The van der Waals surface area contributed by atoms with E-state index in [1.165, 1.54) is 33.2 Å². The van der Waals surface area contributed by atoms with Crippen LogP contribution in [0.3, 0.4) is 0 Å². The van der Waals surface area contributed by atoms with E-state index in [2.05, 4.69) is 101 Å². The number of carboxylic acid groups (broad SMARTS) is 5. The molecule has 0 radical (unpaired) electrons. The van der Waals surface area contributed by atoms with E-state index >= 15 is 0 Å². The van der Waals surface area contributed by atoms with Gasteiger partial charge in [-0.1, -0.05) is 0 Å². The molecular formula is C42H51F15N8O11. The summed E-state index contributed by atoms with van der Waals surface area (Å²) in [6.45, 7) is 8.54. The quantitative estimate of drug-likeness (QED) is 0.0388. The predicted molar refractivity (Wildman–Crippen MR) is 236 cm³/mol. The zero-order valence-electron chi connectivity index (χ0n) is 40.5. The number of halogens is 15. The molecule has 4 aromatic rings. The van der Waals surface area contributed by atoms with Crippen LogP contribution in [0.5, 0.6) is 0 Å². The number of nitrogens with one attached hydrogen (secondary N) is 2. The summed E-state index contributed by atoms with van der Waals surface area (Å²) < 4.78 is 163. The van der Waals surface area contributed by atoms with Crippen LogP contribution in [0.15, 0.2) is 42.5 Å². The highest BCUT2D eigenvalue weighted by Gasteiger charge is 2.40. The smallest absolute Gasteiger partial charge is 0.490 e. The number of carboxylic acids is 5. The van der Waals surface area contributed by atoms with Crippen LogP contribution in [-0.2, 0) is 48.3 Å². The highest BCUT2D eigenvalue weighted by molar-refractivity contribution is 5.91. The Labute approximate surface area is 420 Å². The number of benzene rings is 2. The zero-order valence-corrected chi connectivity index (χ0v) is 40.5. The Kier molecular flexibility index (Phi) is 28.7. The number of carbonyl (C=O) groups is 6. The molecule has 1 amide bonds. The number of rotatable bonds is 14. The summed E-state index contributed by atoms with van der Waals surface area (Å²) in [5.41, 5.74) is 13.4. The molecule has 34 heteroatoms. The lowest BCUT2D eigenvalue weighted by Crippen LogP contribution is -2.37. The van der Waals surface area contributed by atoms with Crippen LogP contribution in [0.4, 0.5) is 77.2 Å². The average Bonchev–Trinajstić information content (AvgIpc) is 3.53. The van der Waals surface area contributed by atoms with E-state index in [-0.39, 0.29) is 5.91 Å². The SMILES string of the molecule is Cc1nn(CCNCCN)c(C)c1CC(=O)NCCCC[n+]1c2cc(N(C)C)ccc2cc2ccc(N(C)C)cc21.O=C(O)C(F)(F)F.O=C(O)C(F)(F)F.O=C(O)C(F)(F)F.O=C(O)C(F)(F)F.O=C([O-])C(F)(F)F. The molecule has 8 N–H and O–H groups in total. The van der Waals surface area contributed by atoms with E-state index in [9.17, 15) is 70.7 Å². The summed E-state index contributed by atoms with van der Waals surface area (Å²) in [5.74, 6) is -14.0. The summed E-state index contributed by atoms with van der Waals surface area (Å²) in [6, 6.07) is 15.6. The van der Waals surface area contributed by atoms with Crippen LogP contribution in [0.25, 0.3) is 21.8 Å². The second kappa shape index (κ2) is 30.8. The number of hydrogen-bond donors (Lipinski definition) is 7. The van der Waals surface area contributed by atoms with Crippen LogP contribution in [-0.4, -0.2) is 151 Å². The zero-order chi connectivity index (χ0) is 59.9. The Morgan fingerprint density at radius 2 is 0.987 bits per heavy atom. The number of anilines is 2. The van der Waals surface area contributed by atoms with Gasteiger partial charge in [-0.2, -0.15) is 75.5 Å². The Balaban J connectivity index is 0. The summed E-state index contributed by atoms with van der Waals surface area (Å²) >= 11 is 0. The third kappa shape index (κ3) is 27.2. The number of hydrogen-bond acceptors (Lipinski definition) is 12. The predicted octanol–water partition coefficient (Wildman–Crippen LogP) is 4.75. The molecule has 0 saturated carbocycles. The topological polar surface area (TPSA) is 285 Å². The molecule has 0 bridgehead atoms. The lowest BCUT2D eigenvalue weighted by molar-refractivity contribution is -0.645. The fraction of sp³-hybridized carbons (Fsp3) is 0.476. The number of aromatic nitrogens is 3. The van der Waals surface area contributed by atoms with Crippen molar-refractivity contribution in [2.75, 3.05) is 64.2 Å². The van der Waals surface area contributed by atoms with Crippen LogP contribution >= 0.6 is 0 Å². The van der Waals surface area contributed by atoms with Crippen LogP contribution in [0, 0.1) is 13.8 Å². The highest BCUT2D eigenvalue weighted by Crippen LogP contribution is 2.26. The molecule has 0 aliphatic carbocycles. The van der Waals surface area contributed by atoms with Crippen molar-refractivity contribution in [1.82, 2.24) is 20.4 Å². The number of aliphatic carboxylic acids is 5. The van der Waals surface area contributed by atoms with Gasteiger partial charge in [0, 0.05) is 106 Å². The van der Waals surface area contributed by atoms with Crippen LogP contribution in [0.2, 0.25) is 0 Å². The number of unbranched alkanes of at least 4 members (excludes halogenated alkanes) is 1. The number of nitrogens with two attached hydrogens (primary N) is 1. The molecular weight excluding hydrogens is 1080 g/mol. The molecule has 76 heavy (non-hydrogen) atoms. The van der Waals surface area contributed by atoms with Crippen LogP contribution < -0.4 is 35.8 Å². The molecule has 0 aliphatic heterocycles. The number of pyridine rings is 1. The minimum Gasteiger partial charge on any atom is -0.542 e. The Bertz CT molecular complexity index is 2340. The van der Waals surface area contributed by atoms with Crippen molar-refractivity contribution in [3.8, 4) is 0 Å². The maximum atomic E-state index is 12.8. The number of alkyl halides is 15. The van der Waals surface area contributed by atoms with Crippen molar-refractivity contribution in [2.24, 2.45) is 5.73 Å². The van der Waals surface area contributed by atoms with Crippen molar-refractivity contribution in [3.05, 3.63) is 59.4 Å². The summed E-state index contributed by atoms with van der Waals surface area (Å²) in [7, 11) is 8.31. The number of nitrogens with zero attached hydrogens (tertiary/aromatic N) is 5. The first-order chi connectivity index (χ1) is 34.4. The average molecular weight is 1130 g/mol. The van der Waals surface area contributed by atoms with Crippen molar-refractivity contribution in [1.29, 1.82) is 0 Å². The van der Waals surface area contributed by atoms with Gasteiger partial charge >= 0.3 is 54.8 Å². The van der Waals surface area contributed by atoms with Crippen LogP contribution in [0.1, 0.15) is 29.8 Å². The minimum absolute atomic E-state index is 0.0477. The fourth-order valence-electron chi connectivity index (χ4n) is 5.34. The maximum Gasteiger partial charge on any atom is 0.490 e. The van der Waals surface area contributed by atoms with E-state index in [1.54, 1.807) is 0 Å². The van der Waals surface area contributed by atoms with Crippen molar-refractivity contribution in [3.63, 3.8) is 0 Å². The lowest BCUT2D eigenvalue weighted by atomic mass is 10.1. The van der Waals surface area contributed by atoms with Gasteiger partial charge in [0.2, 0.25) is 16.9 Å². The first-order valence-corrected chi connectivity index (χ1v) is 20.9. The number of carbonyl (C=O) groups excluding carboxylic acids is 2. The van der Waals surface area contributed by atoms with Gasteiger partial charge in [-0.25, -0.2) is 19.2 Å². The van der Waals surface area contributed by atoms with E-state index in [1.807, 2.05) is 18.5 Å². The molecule has 0 fully saturated rings. The highest BCUT2D eigenvalue weighted by atomic mass is 19.4. The molecule has 2 aromatic carbocycles. The second-order valence-electron chi connectivity index (χ2n) is 15.2. The minimum atomic E-state index is -5.19. The molecule has 0 atom stereocenters. The third-order valence-corrected chi connectivity index (χ3v) is 8.98. The molecule has 0 spiro atoms. The molecule has 4 rings (SSSR count). The Hall–Kier alpha value is -7.39. The first kappa shape index (κ1) is 70.7. The third-order valence-electron chi connectivity index (χ3n) is 8.98. The van der Waals surface area contributed by atoms with Gasteiger partial charge in [0.25, 0.3) is 0 Å². The van der Waals surface area contributed by atoms with Crippen molar-refractivity contribution < 1.29 is 125 Å². The normalized spacial score (nSPS) is 11.3. The van der Waals surface area contributed by atoms with Crippen molar-refractivity contribution in [2.45, 2.75) is 77.1 Å². The molecule has 430 valence electrons. The van der Waals surface area contributed by atoms with E-state index in [0.717, 1.165) is 56.0 Å². The molecule has 19 nitrogen and oxygen atoms in total. The van der Waals surface area contributed by atoms with Gasteiger partial charge < -0.3 is 56.5 Å². The lowest BCUT2D eigenvalue weighted by Gasteiger charge is -2.15. The first-order valence-electron chi connectivity index (χ1n) is 20.9. The summed E-state index contributed by atoms with van der Waals surface area (Å²) in [6.07, 6.45) is -23.3. The Morgan fingerprint density at radius 1 is 0.618 bits per heavy atom. The molecule has 2 aromatic heterocycles. The largest absolute Gasteiger partial charge is 0.542 e. The van der Waals surface area contributed by atoms with Gasteiger partial charge in [-0.15, -0.1) is 0 Å². The number of aryl methyl sites for hydroxylation is 2. The van der Waals surface area contributed by atoms with Gasteiger partial charge in [-0.3, -0.25) is 9.48 Å². The van der Waals surface area contributed by atoms with Gasteiger partial charge in [-0.05, 0) is 50.6 Å². The summed E-state index contributed by atoms with van der Waals surface area (Å²) in [5, 5.41) is 50.8. The number of fused-ring (bicyclic) bond motifs is 2. The number of amides is 1. The Morgan fingerprint density at radius 3 is 1.30 bits per heavy atom. The van der Waals surface area contributed by atoms with Gasteiger partial charge in [0.15, 0.2) is 0 Å². The van der Waals surface area contributed by atoms with Gasteiger partial charge in [0.1, 0.15) is 12.5 Å². The van der Waals surface area contributed by atoms with E-state index in [0.29, 0.717) is 19.5 Å². The molecule has 0 unspecified atom stereocenters. The van der Waals surface area contributed by atoms with Crippen molar-refractivity contribution >= 4 is 68.9 Å². The molecule has 2 heterocycles. The fourth-order valence-corrected chi connectivity index (χ4v) is 5.34. The monoisotopic (exact) mass is 1130 g/mol. The standard InChI is InChI=1S/C32H46N8O.5C2HF3O2/c1-23-29(24(2)40(36-23)18-16-34-15-13-33)22-32(41)35-14-7-8-17-39-30-20-27(37(3)4)11-9-25(30)19-26-10-12-28(38(5)6)21-31(26)39;5*3-2(4,5)1(6)7/h9-12,19-21,34H,7-8,13-18,22,33H2,1-6H3;5*(H,6,7). The summed E-state index contributed by atoms with van der Waals surface area (Å²) in [4.78, 5) is 61.5. The van der Waals surface area contributed by atoms with E-state index < -0.39 is 60.7 Å². The second-order valence-corrected chi connectivity index (χ2v) is 15.2. The van der Waals surface area contributed by atoms with Gasteiger partial charge in [0.05, 0.1) is 18.7 Å². The molecule has 0 aliphatic rings. The molecule has 0 saturated heterocycles.